The molecule has 1 aromatic carbocycles. The summed E-state index contributed by atoms with van der Waals surface area (Å²) in [4.78, 5) is 43.4. The molecule has 2 rings (SSSR count). The molecule has 0 radical (unpaired) electrons. The SMILES string of the molecule is CC(=NCC[NH+](C)C)C1C(=O)NC(=O)N(Cc2ccccc2)C1=O. The van der Waals surface area contributed by atoms with Crippen LogP contribution in [0.15, 0.2) is 35.3 Å². The molecule has 1 aliphatic rings. The van der Waals surface area contributed by atoms with Crippen molar-refractivity contribution < 1.29 is 19.3 Å². The summed E-state index contributed by atoms with van der Waals surface area (Å²) in [5, 5.41) is 2.25. The lowest BCUT2D eigenvalue weighted by Crippen LogP contribution is -3.06. The Morgan fingerprint density at radius 1 is 1.21 bits per heavy atom. The molecule has 24 heavy (non-hydrogen) atoms. The van der Waals surface area contributed by atoms with E-state index in [-0.39, 0.29) is 6.54 Å². The van der Waals surface area contributed by atoms with Crippen LogP contribution in [0, 0.1) is 5.92 Å². The van der Waals surface area contributed by atoms with Gasteiger partial charge in [0.25, 0.3) is 0 Å². The highest BCUT2D eigenvalue weighted by molar-refractivity contribution is 6.27. The maximum Gasteiger partial charge on any atom is 0.331 e. The van der Waals surface area contributed by atoms with Crippen molar-refractivity contribution in [1.82, 2.24) is 10.2 Å². The van der Waals surface area contributed by atoms with E-state index in [0.29, 0.717) is 12.3 Å². The van der Waals surface area contributed by atoms with E-state index < -0.39 is 23.8 Å². The highest BCUT2D eigenvalue weighted by atomic mass is 16.2. The van der Waals surface area contributed by atoms with Crippen molar-refractivity contribution in [3.63, 3.8) is 0 Å². The minimum absolute atomic E-state index is 0.129. The lowest BCUT2D eigenvalue weighted by atomic mass is 9.99. The van der Waals surface area contributed by atoms with E-state index in [1.54, 1.807) is 6.92 Å². The minimum atomic E-state index is -1.04. The molecule has 1 unspecified atom stereocenters. The first-order chi connectivity index (χ1) is 11.4. The third-order valence-corrected chi connectivity index (χ3v) is 3.82. The number of likely N-dealkylation sites (N-methyl/N-ethyl adjacent to an activating group) is 1. The van der Waals surface area contributed by atoms with Gasteiger partial charge in [0.1, 0.15) is 0 Å². The summed E-state index contributed by atoms with van der Waals surface area (Å²) < 4.78 is 0. The Bertz CT molecular complexity index is 655. The van der Waals surface area contributed by atoms with E-state index in [1.807, 2.05) is 44.4 Å². The molecule has 2 N–H and O–H groups in total. The molecular formula is C17H23N4O3+. The molecule has 7 nitrogen and oxygen atoms in total. The molecule has 0 aliphatic carbocycles. The van der Waals surface area contributed by atoms with Crippen molar-refractivity contribution in [3.8, 4) is 0 Å². The molecule has 1 atom stereocenters. The second-order valence-corrected chi connectivity index (χ2v) is 6.12. The number of rotatable bonds is 6. The third-order valence-electron chi connectivity index (χ3n) is 3.82. The number of amides is 4. The Balaban J connectivity index is 2.15. The van der Waals surface area contributed by atoms with Crippen LogP contribution in [-0.2, 0) is 16.1 Å². The number of benzene rings is 1. The van der Waals surface area contributed by atoms with Crippen LogP contribution in [0.3, 0.4) is 0 Å². The van der Waals surface area contributed by atoms with Gasteiger partial charge in [-0.25, -0.2) is 4.79 Å². The molecular weight excluding hydrogens is 308 g/mol. The zero-order valence-corrected chi connectivity index (χ0v) is 14.2. The van der Waals surface area contributed by atoms with E-state index in [2.05, 4.69) is 10.3 Å². The molecule has 1 heterocycles. The summed E-state index contributed by atoms with van der Waals surface area (Å²) in [7, 11) is 4.01. The summed E-state index contributed by atoms with van der Waals surface area (Å²) in [6.45, 7) is 3.11. The summed E-state index contributed by atoms with van der Waals surface area (Å²) >= 11 is 0. The van der Waals surface area contributed by atoms with Crippen LogP contribution in [0.25, 0.3) is 0 Å². The van der Waals surface area contributed by atoms with Crippen LogP contribution in [0.5, 0.6) is 0 Å². The van der Waals surface area contributed by atoms with Gasteiger partial charge in [0.2, 0.25) is 11.8 Å². The molecule has 128 valence electrons. The molecule has 0 aromatic heterocycles. The van der Waals surface area contributed by atoms with Gasteiger partial charge in [-0.15, -0.1) is 0 Å². The number of nitrogens with one attached hydrogen (secondary N) is 2. The first-order valence-electron chi connectivity index (χ1n) is 7.90. The quantitative estimate of drug-likeness (QED) is 0.544. The van der Waals surface area contributed by atoms with Gasteiger partial charge < -0.3 is 4.90 Å². The number of carbonyl (C=O) groups excluding carboxylic acids is 3. The third kappa shape index (κ3) is 4.26. The predicted octanol–water partition coefficient (Wildman–Crippen LogP) is -0.513. The number of carbonyl (C=O) groups is 3. The maximum atomic E-state index is 12.6. The van der Waals surface area contributed by atoms with Gasteiger partial charge in [-0.2, -0.15) is 0 Å². The Morgan fingerprint density at radius 2 is 1.88 bits per heavy atom. The maximum absolute atomic E-state index is 12.6. The smallest absolute Gasteiger partial charge is 0.331 e. The van der Waals surface area contributed by atoms with Gasteiger partial charge in [0.15, 0.2) is 5.92 Å². The van der Waals surface area contributed by atoms with E-state index in [0.717, 1.165) is 17.0 Å². The molecule has 7 heteroatoms. The molecule has 0 saturated carbocycles. The van der Waals surface area contributed by atoms with Crippen molar-refractivity contribution in [3.05, 3.63) is 35.9 Å². The van der Waals surface area contributed by atoms with Gasteiger partial charge in [-0.3, -0.25) is 24.8 Å². The average Bonchev–Trinajstić information content (AvgIpc) is 2.52. The van der Waals surface area contributed by atoms with Crippen molar-refractivity contribution in [1.29, 1.82) is 0 Å². The van der Waals surface area contributed by atoms with Gasteiger partial charge in [0, 0.05) is 5.71 Å². The number of barbiturate groups is 1. The zero-order chi connectivity index (χ0) is 17.7. The molecule has 0 bridgehead atoms. The topological polar surface area (TPSA) is 83.3 Å². The van der Waals surface area contributed by atoms with Crippen LogP contribution in [0.2, 0.25) is 0 Å². The molecule has 4 amide bonds. The first-order valence-corrected chi connectivity index (χ1v) is 7.90. The Hall–Kier alpha value is -2.54. The van der Waals surface area contributed by atoms with E-state index in [4.69, 9.17) is 0 Å². The van der Waals surface area contributed by atoms with Crippen LogP contribution in [0.4, 0.5) is 4.79 Å². The van der Waals surface area contributed by atoms with E-state index in [1.165, 1.54) is 4.90 Å². The lowest BCUT2D eigenvalue weighted by Gasteiger charge is -2.30. The largest absolute Gasteiger partial charge is 0.338 e. The van der Waals surface area contributed by atoms with Crippen molar-refractivity contribution in [2.75, 3.05) is 27.2 Å². The van der Waals surface area contributed by atoms with Crippen LogP contribution >= 0.6 is 0 Å². The van der Waals surface area contributed by atoms with Gasteiger partial charge in [-0.05, 0) is 12.5 Å². The van der Waals surface area contributed by atoms with Crippen molar-refractivity contribution in [2.45, 2.75) is 13.5 Å². The summed E-state index contributed by atoms with van der Waals surface area (Å²) in [5.41, 5.74) is 1.25. The number of aliphatic imine (C=N–C) groups is 1. The normalized spacial score (nSPS) is 19.0. The van der Waals surface area contributed by atoms with Gasteiger partial charge >= 0.3 is 6.03 Å². The second-order valence-electron chi connectivity index (χ2n) is 6.12. The number of quaternary nitrogens is 1. The molecule has 0 spiro atoms. The van der Waals surface area contributed by atoms with Crippen molar-refractivity contribution in [2.24, 2.45) is 10.9 Å². The van der Waals surface area contributed by atoms with E-state index in [9.17, 15) is 14.4 Å². The fraction of sp³-hybridized carbons (Fsp3) is 0.412. The fourth-order valence-electron chi connectivity index (χ4n) is 2.44. The predicted molar refractivity (Wildman–Crippen MR) is 89.7 cm³/mol. The van der Waals surface area contributed by atoms with Crippen LogP contribution in [-0.4, -0.2) is 55.6 Å². The number of hydrogen-bond acceptors (Lipinski definition) is 4. The zero-order valence-electron chi connectivity index (χ0n) is 14.2. The number of nitrogens with zero attached hydrogens (tertiary/aromatic N) is 2. The van der Waals surface area contributed by atoms with Crippen LogP contribution < -0.4 is 10.2 Å². The highest BCUT2D eigenvalue weighted by Crippen LogP contribution is 2.16. The Kier molecular flexibility index (Phi) is 5.81. The standard InChI is InChI=1S/C17H22N4O3/c1-12(18-9-10-20(2)3)14-15(22)19-17(24)21(16(14)23)11-13-7-5-4-6-8-13/h4-8,14H,9-11H2,1-3H3,(H,19,22,24)/p+1. The fourth-order valence-corrected chi connectivity index (χ4v) is 2.44. The number of hydrogen-bond donors (Lipinski definition) is 2. The van der Waals surface area contributed by atoms with E-state index >= 15 is 0 Å². The van der Waals surface area contributed by atoms with Crippen molar-refractivity contribution >= 4 is 23.6 Å². The summed E-state index contributed by atoms with van der Waals surface area (Å²) in [6.07, 6.45) is 0. The lowest BCUT2D eigenvalue weighted by molar-refractivity contribution is -0.856. The molecule has 1 aliphatic heterocycles. The molecule has 1 aromatic rings. The second kappa shape index (κ2) is 7.83. The minimum Gasteiger partial charge on any atom is -0.338 e. The summed E-state index contributed by atoms with van der Waals surface area (Å²) in [5.74, 6) is -2.16. The monoisotopic (exact) mass is 331 g/mol. The first kappa shape index (κ1) is 17.8. The highest BCUT2D eigenvalue weighted by Gasteiger charge is 2.41. The summed E-state index contributed by atoms with van der Waals surface area (Å²) in [6, 6.07) is 8.49. The molecule has 1 fully saturated rings. The average molecular weight is 331 g/mol. The number of imide groups is 2. The number of urea groups is 1. The van der Waals surface area contributed by atoms with Crippen LogP contribution in [0.1, 0.15) is 12.5 Å². The van der Waals surface area contributed by atoms with Gasteiger partial charge in [0.05, 0.1) is 33.7 Å². The van der Waals surface area contributed by atoms with Gasteiger partial charge in [-0.1, -0.05) is 30.3 Å². The molecule has 1 saturated heterocycles. The Morgan fingerprint density at radius 3 is 2.50 bits per heavy atom. The Labute approximate surface area is 141 Å².